The summed E-state index contributed by atoms with van der Waals surface area (Å²) in [5, 5.41) is 4.01. The van der Waals surface area contributed by atoms with Crippen molar-refractivity contribution in [2.75, 3.05) is 36.4 Å². The zero-order valence-electron chi connectivity index (χ0n) is 23.9. The number of nitrogens with zero attached hydrogens (tertiary/aromatic N) is 6. The fourth-order valence-corrected chi connectivity index (χ4v) is 5.59. The quantitative estimate of drug-likeness (QED) is 0.456. The Morgan fingerprint density at radius 1 is 0.975 bits per heavy atom. The first-order valence-electron chi connectivity index (χ1n) is 13.9. The number of pyridine rings is 2. The number of carbonyl (C=O) groups is 2. The fourth-order valence-electron chi connectivity index (χ4n) is 5.59. The monoisotopic (exact) mass is 547 g/mol. The molecule has 40 heavy (non-hydrogen) atoms. The molecule has 1 N–H and O–H groups in total. The maximum atomic E-state index is 13.5. The highest BCUT2D eigenvalue weighted by molar-refractivity contribution is 6.00. The molecule has 4 heterocycles. The van der Waals surface area contributed by atoms with Crippen molar-refractivity contribution >= 4 is 40.2 Å². The van der Waals surface area contributed by atoms with Gasteiger partial charge in [0.2, 0.25) is 0 Å². The molecular formula is C29H37N7O4. The molecule has 1 aliphatic carbocycles. The molecule has 1 saturated carbocycles. The van der Waals surface area contributed by atoms with E-state index in [2.05, 4.69) is 25.2 Å². The van der Waals surface area contributed by atoms with Crippen LogP contribution >= 0.6 is 0 Å². The van der Waals surface area contributed by atoms with E-state index >= 15 is 0 Å². The number of aryl methyl sites for hydroxylation is 1. The van der Waals surface area contributed by atoms with E-state index in [0.29, 0.717) is 43.4 Å². The van der Waals surface area contributed by atoms with E-state index in [1.807, 2.05) is 33.8 Å². The molecule has 0 aromatic carbocycles. The average Bonchev–Trinajstić information content (AvgIpc) is 3.42. The van der Waals surface area contributed by atoms with Crippen LogP contribution in [0.4, 0.5) is 22.2 Å². The van der Waals surface area contributed by atoms with Crippen molar-refractivity contribution in [2.45, 2.75) is 71.9 Å². The van der Waals surface area contributed by atoms with Gasteiger partial charge in [-0.15, -0.1) is 0 Å². The summed E-state index contributed by atoms with van der Waals surface area (Å²) in [5.74, 6) is 1.57. The topological polar surface area (TPSA) is 123 Å². The Balaban J connectivity index is 1.33. The van der Waals surface area contributed by atoms with Crippen LogP contribution in [0.3, 0.4) is 0 Å². The molecule has 0 radical (unpaired) electrons. The van der Waals surface area contributed by atoms with E-state index < -0.39 is 5.60 Å². The minimum absolute atomic E-state index is 0.0683. The largest absolute Gasteiger partial charge is 0.444 e. The number of nitrogens with one attached hydrogen (secondary N) is 1. The number of carbonyl (C=O) groups excluding carboxylic acids is 2. The first kappa shape index (κ1) is 27.5. The molecule has 0 unspecified atom stereocenters. The summed E-state index contributed by atoms with van der Waals surface area (Å²) in [6, 6.07) is 1.93. The van der Waals surface area contributed by atoms with E-state index in [9.17, 15) is 14.4 Å². The van der Waals surface area contributed by atoms with E-state index in [0.717, 1.165) is 42.4 Å². The first-order valence-corrected chi connectivity index (χ1v) is 13.9. The molecule has 3 aromatic heterocycles. The van der Waals surface area contributed by atoms with Gasteiger partial charge >= 0.3 is 6.09 Å². The first-order chi connectivity index (χ1) is 19.0. The van der Waals surface area contributed by atoms with Gasteiger partial charge in [0.05, 0.1) is 23.5 Å². The maximum Gasteiger partial charge on any atom is 0.410 e. The van der Waals surface area contributed by atoms with Crippen molar-refractivity contribution < 1.29 is 14.3 Å². The van der Waals surface area contributed by atoms with Crippen LogP contribution in [0, 0.1) is 6.92 Å². The van der Waals surface area contributed by atoms with Crippen molar-refractivity contribution in [3.8, 4) is 0 Å². The van der Waals surface area contributed by atoms with Crippen molar-refractivity contribution in [3.05, 3.63) is 46.1 Å². The molecule has 0 bridgehead atoms. The molecule has 1 aliphatic heterocycles. The second kappa shape index (κ2) is 10.9. The SMILES string of the molecule is CC(=O)c1c(C)c2cnc(Nc3cnc(N4CCN(C(=O)OC(C)(C)C)CC4)cn3)cc2n(C2CCCC2)c1=O. The van der Waals surface area contributed by atoms with Gasteiger partial charge in [-0.1, -0.05) is 12.8 Å². The molecule has 0 spiro atoms. The highest BCUT2D eigenvalue weighted by Crippen LogP contribution is 2.33. The Hall–Kier alpha value is -4.02. The predicted molar refractivity (Wildman–Crippen MR) is 154 cm³/mol. The standard InChI is InChI=1S/C29H37N7O4/c1-18-21-15-30-23(14-22(21)36(20-8-6-7-9-20)27(38)26(18)19(2)37)33-24-16-32-25(17-31-24)34-10-12-35(13-11-34)28(39)40-29(3,4)5/h14-17,20H,6-13H2,1-5H3,(H,30,31,33). The Kier molecular flexibility index (Phi) is 7.48. The van der Waals surface area contributed by atoms with Crippen LogP contribution in [-0.2, 0) is 4.74 Å². The number of ether oxygens (including phenoxy) is 1. The van der Waals surface area contributed by atoms with Gasteiger partial charge in [0.25, 0.3) is 5.56 Å². The van der Waals surface area contributed by atoms with Gasteiger partial charge in [0.15, 0.2) is 5.78 Å². The van der Waals surface area contributed by atoms with Crippen LogP contribution in [0.15, 0.2) is 29.5 Å². The van der Waals surface area contributed by atoms with Gasteiger partial charge in [-0.3, -0.25) is 9.59 Å². The minimum atomic E-state index is -0.521. The molecule has 3 aromatic rings. The Bertz CT molecular complexity index is 1480. The van der Waals surface area contributed by atoms with Crippen molar-refractivity contribution in [1.82, 2.24) is 24.4 Å². The summed E-state index contributed by atoms with van der Waals surface area (Å²) in [6.07, 6.45) is 8.73. The lowest BCUT2D eigenvalue weighted by atomic mass is 10.0. The highest BCUT2D eigenvalue weighted by atomic mass is 16.6. The number of hydrogen-bond acceptors (Lipinski definition) is 9. The lowest BCUT2D eigenvalue weighted by Gasteiger charge is -2.36. The summed E-state index contributed by atoms with van der Waals surface area (Å²) in [5.41, 5.74) is 0.932. The summed E-state index contributed by atoms with van der Waals surface area (Å²) < 4.78 is 7.27. The fraction of sp³-hybridized carbons (Fsp3) is 0.517. The van der Waals surface area contributed by atoms with Gasteiger partial charge in [-0.05, 0) is 53.0 Å². The molecule has 1 amide bonds. The second-order valence-electron chi connectivity index (χ2n) is 11.6. The molecule has 2 fully saturated rings. The van der Waals surface area contributed by atoms with E-state index in [-0.39, 0.29) is 29.0 Å². The molecule has 11 nitrogen and oxygen atoms in total. The van der Waals surface area contributed by atoms with E-state index in [1.54, 1.807) is 28.1 Å². The van der Waals surface area contributed by atoms with Crippen LogP contribution < -0.4 is 15.8 Å². The number of fused-ring (bicyclic) bond motifs is 1. The predicted octanol–water partition coefficient (Wildman–Crippen LogP) is 4.61. The van der Waals surface area contributed by atoms with Crippen molar-refractivity contribution in [2.24, 2.45) is 0 Å². The van der Waals surface area contributed by atoms with Crippen molar-refractivity contribution in [3.63, 3.8) is 0 Å². The number of aromatic nitrogens is 4. The molecular weight excluding hydrogens is 510 g/mol. The lowest BCUT2D eigenvalue weighted by Crippen LogP contribution is -2.50. The highest BCUT2D eigenvalue weighted by Gasteiger charge is 2.27. The molecule has 2 aliphatic rings. The van der Waals surface area contributed by atoms with E-state index in [4.69, 9.17) is 4.74 Å². The molecule has 212 valence electrons. The lowest BCUT2D eigenvalue weighted by molar-refractivity contribution is 0.0240. The Morgan fingerprint density at radius 3 is 2.25 bits per heavy atom. The van der Waals surface area contributed by atoms with Crippen LogP contribution in [-0.4, -0.2) is 68.1 Å². The van der Waals surface area contributed by atoms with Gasteiger partial charge in [-0.2, -0.15) is 0 Å². The number of hydrogen-bond donors (Lipinski definition) is 1. The number of ketones is 1. The van der Waals surface area contributed by atoms with Gasteiger partial charge in [0, 0.05) is 49.9 Å². The third-order valence-electron chi connectivity index (χ3n) is 7.54. The molecule has 11 heteroatoms. The van der Waals surface area contributed by atoms with Gasteiger partial charge in [0.1, 0.15) is 23.1 Å². The third-order valence-corrected chi connectivity index (χ3v) is 7.54. The minimum Gasteiger partial charge on any atom is -0.444 e. The summed E-state index contributed by atoms with van der Waals surface area (Å²) in [6.45, 7) is 11.2. The van der Waals surface area contributed by atoms with Gasteiger partial charge < -0.3 is 24.4 Å². The molecule has 1 saturated heterocycles. The maximum absolute atomic E-state index is 13.5. The molecule has 0 atom stereocenters. The van der Waals surface area contributed by atoms with Crippen LogP contribution in [0.25, 0.3) is 10.9 Å². The summed E-state index contributed by atoms with van der Waals surface area (Å²) >= 11 is 0. The number of Topliss-reactive ketones (excluding diaryl/α,β-unsaturated/α-hetero) is 1. The van der Waals surface area contributed by atoms with E-state index in [1.165, 1.54) is 6.92 Å². The second-order valence-corrected chi connectivity index (χ2v) is 11.6. The zero-order valence-corrected chi connectivity index (χ0v) is 23.9. The van der Waals surface area contributed by atoms with Crippen LogP contribution in [0.2, 0.25) is 0 Å². The average molecular weight is 548 g/mol. The zero-order chi connectivity index (χ0) is 28.6. The van der Waals surface area contributed by atoms with Gasteiger partial charge in [-0.25, -0.2) is 19.7 Å². The molecule has 5 rings (SSSR count). The smallest absolute Gasteiger partial charge is 0.410 e. The summed E-state index contributed by atoms with van der Waals surface area (Å²) in [7, 11) is 0. The number of rotatable bonds is 5. The third kappa shape index (κ3) is 5.64. The number of piperazine rings is 1. The van der Waals surface area contributed by atoms with Crippen LogP contribution in [0.5, 0.6) is 0 Å². The number of amides is 1. The van der Waals surface area contributed by atoms with Crippen molar-refractivity contribution in [1.29, 1.82) is 0 Å². The normalized spacial score (nSPS) is 16.4. The number of anilines is 3. The Morgan fingerprint density at radius 2 is 1.65 bits per heavy atom. The Labute approximate surface area is 233 Å². The summed E-state index contributed by atoms with van der Waals surface area (Å²) in [4.78, 5) is 55.6. The van der Waals surface area contributed by atoms with Crippen LogP contribution in [0.1, 0.15) is 75.3 Å².